The fraction of sp³-hybridized carbons (Fsp3) is 0.273. The summed E-state index contributed by atoms with van der Waals surface area (Å²) >= 11 is 5.75. The summed E-state index contributed by atoms with van der Waals surface area (Å²) < 4.78 is 13.2. The summed E-state index contributed by atoms with van der Waals surface area (Å²) in [5.41, 5.74) is 5.93. The molecule has 0 aliphatic heterocycles. The van der Waals surface area contributed by atoms with Crippen LogP contribution in [0.25, 0.3) is 0 Å². The normalized spacial score (nSPS) is 11.1. The molecule has 0 saturated heterocycles. The second kappa shape index (κ2) is 5.78. The van der Waals surface area contributed by atoms with E-state index in [-0.39, 0.29) is 5.82 Å². The van der Waals surface area contributed by atoms with Gasteiger partial charge in [0, 0.05) is 5.02 Å². The van der Waals surface area contributed by atoms with Gasteiger partial charge in [0.2, 0.25) is 0 Å². The Kier molecular flexibility index (Phi) is 4.63. The first-order valence-electron chi connectivity index (χ1n) is 4.53. The SMILES string of the molecule is NCC/C=C/Cc1cc(Cl)ccc1F. The molecule has 0 atom stereocenters. The van der Waals surface area contributed by atoms with Crippen LogP contribution in [-0.4, -0.2) is 6.54 Å². The van der Waals surface area contributed by atoms with Crippen LogP contribution in [-0.2, 0) is 6.42 Å². The van der Waals surface area contributed by atoms with E-state index in [9.17, 15) is 4.39 Å². The van der Waals surface area contributed by atoms with E-state index in [0.29, 0.717) is 23.6 Å². The maximum Gasteiger partial charge on any atom is 0.126 e. The number of nitrogens with two attached hydrogens (primary N) is 1. The summed E-state index contributed by atoms with van der Waals surface area (Å²) in [5.74, 6) is -0.216. The average molecular weight is 214 g/mol. The van der Waals surface area contributed by atoms with Crippen molar-refractivity contribution in [2.45, 2.75) is 12.8 Å². The van der Waals surface area contributed by atoms with Gasteiger partial charge in [-0.3, -0.25) is 0 Å². The molecule has 0 saturated carbocycles. The summed E-state index contributed by atoms with van der Waals surface area (Å²) in [6.45, 7) is 0.620. The van der Waals surface area contributed by atoms with Crippen molar-refractivity contribution >= 4 is 11.6 Å². The number of hydrogen-bond donors (Lipinski definition) is 1. The minimum atomic E-state index is -0.216. The van der Waals surface area contributed by atoms with Gasteiger partial charge in [-0.15, -0.1) is 0 Å². The van der Waals surface area contributed by atoms with Gasteiger partial charge >= 0.3 is 0 Å². The molecule has 3 heteroatoms. The van der Waals surface area contributed by atoms with Crippen molar-refractivity contribution in [3.05, 3.63) is 46.8 Å². The second-order valence-corrected chi connectivity index (χ2v) is 3.43. The Labute approximate surface area is 88.4 Å². The average Bonchev–Trinajstić information content (AvgIpc) is 2.18. The van der Waals surface area contributed by atoms with E-state index in [1.807, 2.05) is 12.2 Å². The zero-order valence-corrected chi connectivity index (χ0v) is 8.60. The van der Waals surface area contributed by atoms with Gasteiger partial charge in [0.05, 0.1) is 0 Å². The topological polar surface area (TPSA) is 26.0 Å². The molecule has 0 bridgehead atoms. The molecule has 0 radical (unpaired) electrons. The lowest BCUT2D eigenvalue weighted by atomic mass is 10.1. The minimum Gasteiger partial charge on any atom is -0.330 e. The van der Waals surface area contributed by atoms with Crippen molar-refractivity contribution in [1.29, 1.82) is 0 Å². The van der Waals surface area contributed by atoms with Gasteiger partial charge in [-0.2, -0.15) is 0 Å². The third-order valence-electron chi connectivity index (χ3n) is 1.85. The van der Waals surface area contributed by atoms with Crippen molar-refractivity contribution < 1.29 is 4.39 Å². The highest BCUT2D eigenvalue weighted by molar-refractivity contribution is 6.30. The molecule has 1 rings (SSSR count). The molecule has 1 nitrogen and oxygen atoms in total. The Morgan fingerprint density at radius 1 is 1.36 bits per heavy atom. The van der Waals surface area contributed by atoms with Crippen molar-refractivity contribution in [3.63, 3.8) is 0 Å². The van der Waals surface area contributed by atoms with E-state index in [2.05, 4.69) is 0 Å². The monoisotopic (exact) mass is 213 g/mol. The van der Waals surface area contributed by atoms with Gasteiger partial charge < -0.3 is 5.73 Å². The third kappa shape index (κ3) is 3.48. The van der Waals surface area contributed by atoms with Crippen LogP contribution in [0, 0.1) is 5.82 Å². The lowest BCUT2D eigenvalue weighted by Crippen LogP contribution is -1.95. The molecule has 14 heavy (non-hydrogen) atoms. The Hall–Kier alpha value is -0.860. The molecular formula is C11H13ClFN. The molecule has 1 aromatic rings. The Balaban J connectivity index is 2.62. The highest BCUT2D eigenvalue weighted by atomic mass is 35.5. The van der Waals surface area contributed by atoms with Gasteiger partial charge in [0.15, 0.2) is 0 Å². The fourth-order valence-electron chi connectivity index (χ4n) is 1.12. The van der Waals surface area contributed by atoms with Crippen LogP contribution in [0.1, 0.15) is 12.0 Å². The van der Waals surface area contributed by atoms with Gasteiger partial charge in [-0.1, -0.05) is 23.8 Å². The van der Waals surface area contributed by atoms with Gasteiger partial charge in [0.1, 0.15) is 5.82 Å². The van der Waals surface area contributed by atoms with Gasteiger partial charge in [-0.25, -0.2) is 4.39 Å². The van der Waals surface area contributed by atoms with E-state index in [4.69, 9.17) is 17.3 Å². The third-order valence-corrected chi connectivity index (χ3v) is 2.08. The number of halogens is 2. The van der Waals surface area contributed by atoms with E-state index in [0.717, 1.165) is 6.42 Å². The number of rotatable bonds is 4. The standard InChI is InChI=1S/C11H13ClFN/c12-10-5-6-11(13)9(8-10)4-2-1-3-7-14/h1-2,5-6,8H,3-4,7,14H2/b2-1+. The van der Waals surface area contributed by atoms with Crippen molar-refractivity contribution in [2.75, 3.05) is 6.54 Å². The summed E-state index contributed by atoms with van der Waals surface area (Å²) in [7, 11) is 0. The molecule has 0 aromatic heterocycles. The van der Waals surface area contributed by atoms with Crippen LogP contribution >= 0.6 is 11.6 Å². The number of allylic oxidation sites excluding steroid dienone is 1. The molecule has 1 aromatic carbocycles. The van der Waals surface area contributed by atoms with Crippen molar-refractivity contribution in [2.24, 2.45) is 5.73 Å². The molecule has 0 amide bonds. The number of hydrogen-bond acceptors (Lipinski definition) is 1. The molecule has 0 unspecified atom stereocenters. The molecule has 0 aliphatic rings. The summed E-state index contributed by atoms with van der Waals surface area (Å²) in [4.78, 5) is 0. The van der Waals surface area contributed by atoms with Gasteiger partial charge in [0.25, 0.3) is 0 Å². The first kappa shape index (κ1) is 11.2. The lowest BCUT2D eigenvalue weighted by molar-refractivity contribution is 0.615. The number of benzene rings is 1. The molecule has 76 valence electrons. The Bertz CT molecular complexity index is 323. The van der Waals surface area contributed by atoms with E-state index < -0.39 is 0 Å². The van der Waals surface area contributed by atoms with E-state index in [1.165, 1.54) is 6.07 Å². The fourth-order valence-corrected chi connectivity index (χ4v) is 1.32. The zero-order valence-electron chi connectivity index (χ0n) is 7.84. The van der Waals surface area contributed by atoms with Crippen molar-refractivity contribution in [3.8, 4) is 0 Å². The summed E-state index contributed by atoms with van der Waals surface area (Å²) in [5, 5.41) is 0.564. The van der Waals surface area contributed by atoms with Gasteiger partial charge in [-0.05, 0) is 43.1 Å². The molecule has 0 heterocycles. The van der Waals surface area contributed by atoms with Crippen LogP contribution in [0.15, 0.2) is 30.4 Å². The molecular weight excluding hydrogens is 201 g/mol. The second-order valence-electron chi connectivity index (χ2n) is 2.99. The van der Waals surface area contributed by atoms with Crippen LogP contribution in [0.3, 0.4) is 0 Å². The van der Waals surface area contributed by atoms with E-state index in [1.54, 1.807) is 12.1 Å². The predicted molar refractivity (Wildman–Crippen MR) is 57.9 cm³/mol. The summed E-state index contributed by atoms with van der Waals surface area (Å²) in [6.07, 6.45) is 5.23. The smallest absolute Gasteiger partial charge is 0.126 e. The lowest BCUT2D eigenvalue weighted by Gasteiger charge is -1.99. The quantitative estimate of drug-likeness (QED) is 0.765. The minimum absolute atomic E-state index is 0.216. The zero-order chi connectivity index (χ0) is 10.4. The molecule has 0 fully saturated rings. The largest absolute Gasteiger partial charge is 0.330 e. The predicted octanol–water partition coefficient (Wildman–Crippen LogP) is 2.93. The summed E-state index contributed by atoms with van der Waals surface area (Å²) in [6, 6.07) is 4.57. The van der Waals surface area contributed by atoms with E-state index >= 15 is 0 Å². The molecule has 2 N–H and O–H groups in total. The van der Waals surface area contributed by atoms with Crippen molar-refractivity contribution in [1.82, 2.24) is 0 Å². The molecule has 0 aliphatic carbocycles. The van der Waals surface area contributed by atoms with Crippen LogP contribution in [0.5, 0.6) is 0 Å². The Morgan fingerprint density at radius 3 is 2.86 bits per heavy atom. The maximum atomic E-state index is 13.2. The first-order chi connectivity index (χ1) is 6.74. The molecule has 0 spiro atoms. The highest BCUT2D eigenvalue weighted by Crippen LogP contribution is 2.15. The maximum absolute atomic E-state index is 13.2. The first-order valence-corrected chi connectivity index (χ1v) is 4.91. The Morgan fingerprint density at radius 2 is 2.14 bits per heavy atom. The van der Waals surface area contributed by atoms with Crippen LogP contribution < -0.4 is 5.73 Å². The van der Waals surface area contributed by atoms with Crippen LogP contribution in [0.2, 0.25) is 5.02 Å². The highest BCUT2D eigenvalue weighted by Gasteiger charge is 1.99. The van der Waals surface area contributed by atoms with Crippen LogP contribution in [0.4, 0.5) is 4.39 Å².